The Bertz CT molecular complexity index is 903. The minimum Gasteiger partial charge on any atom is -0.462 e. The molecule has 2 amide bonds. The van der Waals surface area contributed by atoms with Crippen molar-refractivity contribution in [1.29, 1.82) is 0 Å². The quantitative estimate of drug-likeness (QED) is 0.395. The molecule has 2 aliphatic carbocycles. The van der Waals surface area contributed by atoms with E-state index < -0.39 is 17.8 Å². The average Bonchev–Trinajstić information content (AvgIpc) is 2.86. The van der Waals surface area contributed by atoms with Crippen molar-refractivity contribution in [3.8, 4) is 11.1 Å². The van der Waals surface area contributed by atoms with E-state index in [1.165, 1.54) is 7.05 Å². The number of nitrogens with one attached hydrogen (secondary N) is 2. The molecular formula is C21H25N3O7. The number of rotatable bonds is 9. The number of esters is 2. The number of amides is 2. The maximum atomic E-state index is 12.5. The highest BCUT2D eigenvalue weighted by atomic mass is 16.7. The Kier molecular flexibility index (Phi) is 8.33. The van der Waals surface area contributed by atoms with Crippen molar-refractivity contribution < 1.29 is 33.5 Å². The van der Waals surface area contributed by atoms with Crippen LogP contribution in [-0.4, -0.2) is 50.6 Å². The van der Waals surface area contributed by atoms with Crippen molar-refractivity contribution in [2.24, 2.45) is 0 Å². The Balaban J connectivity index is 2.37. The monoisotopic (exact) mass is 431 g/mol. The summed E-state index contributed by atoms with van der Waals surface area (Å²) in [7, 11) is 1.45. The molecule has 166 valence electrons. The predicted octanol–water partition coefficient (Wildman–Crippen LogP) is 1.06. The van der Waals surface area contributed by atoms with Crippen molar-refractivity contribution in [1.82, 2.24) is 10.8 Å². The van der Waals surface area contributed by atoms with Crippen LogP contribution in [0.3, 0.4) is 0 Å². The van der Waals surface area contributed by atoms with Crippen LogP contribution in [-0.2, 0) is 30.3 Å². The summed E-state index contributed by atoms with van der Waals surface area (Å²) in [6.07, 6.45) is -0.0655. The normalized spacial score (nSPS) is 10.4. The highest BCUT2D eigenvalue weighted by Crippen LogP contribution is 2.39. The third kappa shape index (κ3) is 5.70. The molecule has 0 fully saturated rings. The number of nitrogens with two attached hydrogens (primary N) is 1. The van der Waals surface area contributed by atoms with Crippen LogP contribution in [0.5, 0.6) is 0 Å². The molecule has 2 rings (SSSR count). The van der Waals surface area contributed by atoms with E-state index in [0.29, 0.717) is 16.7 Å². The predicted molar refractivity (Wildman–Crippen MR) is 111 cm³/mol. The summed E-state index contributed by atoms with van der Waals surface area (Å²) < 4.78 is 10.2. The smallest absolute Gasteiger partial charge is 0.340 e. The van der Waals surface area contributed by atoms with E-state index in [1.54, 1.807) is 38.1 Å². The zero-order chi connectivity index (χ0) is 23.0. The first kappa shape index (κ1) is 23.6. The standard InChI is InChI=1S/C21H25N3O7/c1-4-29-20(27)17-13-8-6-12(10-15(25)24-31-11-16(26)23-3)7-9-14(13)18(19(17)22)21(28)30-5-2/h6-9H,4-5,10-11,22H2,1-3H3,(H,23,26)(H,24,25). The number of hydroxylamine groups is 1. The fourth-order valence-corrected chi connectivity index (χ4v) is 2.91. The second-order valence-corrected chi connectivity index (χ2v) is 6.34. The van der Waals surface area contributed by atoms with Gasteiger partial charge in [0.05, 0.1) is 36.4 Å². The summed E-state index contributed by atoms with van der Waals surface area (Å²) in [5, 5.41) is 2.36. The van der Waals surface area contributed by atoms with E-state index >= 15 is 0 Å². The third-order valence-corrected chi connectivity index (χ3v) is 4.29. The Labute approximate surface area is 179 Å². The van der Waals surface area contributed by atoms with Gasteiger partial charge in [0, 0.05) is 7.05 Å². The van der Waals surface area contributed by atoms with E-state index in [4.69, 9.17) is 20.0 Å². The van der Waals surface area contributed by atoms with Crippen LogP contribution < -0.4 is 16.5 Å². The maximum Gasteiger partial charge on any atom is 0.340 e. The lowest BCUT2D eigenvalue weighted by atomic mass is 10.1. The molecule has 0 saturated heterocycles. The van der Waals surface area contributed by atoms with Gasteiger partial charge in [0.1, 0.15) is 0 Å². The van der Waals surface area contributed by atoms with E-state index in [0.717, 1.165) is 0 Å². The van der Waals surface area contributed by atoms with Crippen LogP contribution >= 0.6 is 0 Å². The molecule has 0 aromatic carbocycles. The van der Waals surface area contributed by atoms with Crippen molar-refractivity contribution in [3.05, 3.63) is 41.0 Å². The second kappa shape index (κ2) is 10.9. The molecule has 31 heavy (non-hydrogen) atoms. The van der Waals surface area contributed by atoms with Gasteiger partial charge in [-0.05, 0) is 30.5 Å². The molecule has 0 spiro atoms. The molecule has 0 bridgehead atoms. The molecule has 0 aromatic rings. The number of ether oxygens (including phenoxy) is 2. The SMILES string of the molecule is CCOC(=O)c1c2ccc(CC(=O)NOCC(=O)NC)ccc-2c(C(=O)OCC)c1N. The zero-order valence-electron chi connectivity index (χ0n) is 17.6. The van der Waals surface area contributed by atoms with Crippen molar-refractivity contribution in [3.63, 3.8) is 0 Å². The van der Waals surface area contributed by atoms with Crippen LogP contribution in [0.2, 0.25) is 0 Å². The van der Waals surface area contributed by atoms with Crippen LogP contribution in [0.1, 0.15) is 40.1 Å². The molecule has 0 atom stereocenters. The molecule has 4 N–H and O–H groups in total. The fraction of sp³-hybridized carbons (Fsp3) is 0.333. The van der Waals surface area contributed by atoms with Gasteiger partial charge in [0.25, 0.3) is 0 Å². The highest BCUT2D eigenvalue weighted by Gasteiger charge is 2.30. The molecule has 0 aromatic heterocycles. The first-order valence-corrected chi connectivity index (χ1v) is 9.63. The lowest BCUT2D eigenvalue weighted by molar-refractivity contribution is -0.138. The molecule has 0 heterocycles. The average molecular weight is 431 g/mol. The number of hydrogen-bond donors (Lipinski definition) is 3. The Morgan fingerprint density at radius 1 is 0.871 bits per heavy atom. The van der Waals surface area contributed by atoms with Gasteiger partial charge >= 0.3 is 11.9 Å². The van der Waals surface area contributed by atoms with Crippen LogP contribution in [0.25, 0.3) is 11.1 Å². The Morgan fingerprint density at radius 2 is 1.39 bits per heavy atom. The summed E-state index contributed by atoms with van der Waals surface area (Å²) in [6, 6.07) is 6.43. The first-order valence-electron chi connectivity index (χ1n) is 9.63. The number of carbonyl (C=O) groups is 4. The number of nitrogen functional groups attached to an aromatic ring is 1. The van der Waals surface area contributed by atoms with E-state index in [-0.39, 0.29) is 49.0 Å². The maximum absolute atomic E-state index is 12.5. The summed E-state index contributed by atoms with van der Waals surface area (Å²) in [5.41, 5.74) is 9.79. The van der Waals surface area contributed by atoms with Gasteiger partial charge in [-0.2, -0.15) is 0 Å². The molecule has 2 aliphatic rings. The Morgan fingerprint density at radius 3 is 1.84 bits per heavy atom. The van der Waals surface area contributed by atoms with E-state index in [9.17, 15) is 19.2 Å². The third-order valence-electron chi connectivity index (χ3n) is 4.29. The van der Waals surface area contributed by atoms with Crippen molar-refractivity contribution in [2.75, 3.05) is 32.6 Å². The summed E-state index contributed by atoms with van der Waals surface area (Å²) in [6.45, 7) is 3.28. The number of fused-ring (bicyclic) bond motifs is 1. The van der Waals surface area contributed by atoms with Crippen LogP contribution in [0, 0.1) is 0 Å². The van der Waals surface area contributed by atoms with Gasteiger partial charge in [-0.25, -0.2) is 15.1 Å². The molecule has 10 nitrogen and oxygen atoms in total. The van der Waals surface area contributed by atoms with Crippen molar-refractivity contribution >= 4 is 29.4 Å². The largest absolute Gasteiger partial charge is 0.462 e. The highest BCUT2D eigenvalue weighted by molar-refractivity contribution is 6.15. The van der Waals surface area contributed by atoms with Gasteiger partial charge in [0.2, 0.25) is 11.8 Å². The molecular weight excluding hydrogens is 406 g/mol. The number of likely N-dealkylation sites (N-methyl/N-ethyl adjacent to an activating group) is 1. The molecule has 0 saturated carbocycles. The summed E-state index contributed by atoms with van der Waals surface area (Å²) >= 11 is 0. The fourth-order valence-electron chi connectivity index (χ4n) is 2.91. The van der Waals surface area contributed by atoms with E-state index in [2.05, 4.69) is 10.8 Å². The minimum atomic E-state index is -0.659. The van der Waals surface area contributed by atoms with Crippen LogP contribution in [0.15, 0.2) is 24.3 Å². The Hall–Kier alpha value is -3.66. The first-order chi connectivity index (χ1) is 14.8. The molecule has 0 unspecified atom stereocenters. The van der Waals surface area contributed by atoms with Crippen LogP contribution in [0.4, 0.5) is 5.69 Å². The number of carbonyl (C=O) groups excluding carboxylic acids is 4. The zero-order valence-corrected chi connectivity index (χ0v) is 17.6. The van der Waals surface area contributed by atoms with Gasteiger partial charge in [0.15, 0.2) is 6.61 Å². The van der Waals surface area contributed by atoms with Gasteiger partial charge in [-0.1, -0.05) is 24.3 Å². The number of hydrogen-bond acceptors (Lipinski definition) is 8. The van der Waals surface area contributed by atoms with Gasteiger partial charge in [-0.15, -0.1) is 0 Å². The molecule has 10 heteroatoms. The van der Waals surface area contributed by atoms with Crippen molar-refractivity contribution in [2.45, 2.75) is 20.3 Å². The lowest BCUT2D eigenvalue weighted by Gasteiger charge is -2.04. The minimum absolute atomic E-state index is 0.0139. The summed E-state index contributed by atoms with van der Waals surface area (Å²) in [5.74, 6) is -2.19. The van der Waals surface area contributed by atoms with Gasteiger partial charge < -0.3 is 20.5 Å². The number of anilines is 1. The lowest BCUT2D eigenvalue weighted by Crippen LogP contribution is -2.31. The van der Waals surface area contributed by atoms with Gasteiger partial charge in [-0.3, -0.25) is 14.4 Å². The molecule has 0 radical (unpaired) electrons. The topological polar surface area (TPSA) is 146 Å². The molecule has 0 aliphatic heterocycles. The summed E-state index contributed by atoms with van der Waals surface area (Å²) in [4.78, 5) is 52.9. The van der Waals surface area contributed by atoms with E-state index in [1.807, 2.05) is 0 Å². The second-order valence-electron chi connectivity index (χ2n) is 6.34.